The van der Waals surface area contributed by atoms with Gasteiger partial charge in [0.15, 0.2) is 5.13 Å². The number of nitrogens with zero attached hydrogens (tertiary/aromatic N) is 2. The smallest absolute Gasteiger partial charge is 0.408 e. The van der Waals surface area contributed by atoms with Crippen molar-refractivity contribution in [1.29, 1.82) is 0 Å². The molecule has 2 unspecified atom stereocenters. The Hall–Kier alpha value is -4.03. The number of carbonyl (C=O) groups is 4. The van der Waals surface area contributed by atoms with Gasteiger partial charge < -0.3 is 30.3 Å². The Labute approximate surface area is 255 Å². The summed E-state index contributed by atoms with van der Waals surface area (Å²) >= 11 is 1.25. The molecule has 0 radical (unpaired) electrons. The van der Waals surface area contributed by atoms with Crippen LogP contribution in [0.3, 0.4) is 0 Å². The maximum atomic E-state index is 13.9. The summed E-state index contributed by atoms with van der Waals surface area (Å²) in [6, 6.07) is 5.36. The number of anilines is 1. The third-order valence-corrected chi connectivity index (χ3v) is 7.48. The summed E-state index contributed by atoms with van der Waals surface area (Å²) in [6.07, 6.45) is 5.21. The number of morpholine rings is 1. The molecular weight excluding hydrogens is 570 g/mol. The molecule has 1 aliphatic carbocycles. The number of carbonyl (C=O) groups excluding carboxylic acids is 4. The number of ether oxygens (including phenoxy) is 2. The fourth-order valence-electron chi connectivity index (χ4n) is 4.46. The predicted octanol–water partition coefficient (Wildman–Crippen LogP) is 4.28. The lowest BCUT2D eigenvalue weighted by atomic mass is 10.0. The fourth-order valence-corrected chi connectivity index (χ4v) is 5.18. The van der Waals surface area contributed by atoms with Gasteiger partial charge in [0.25, 0.3) is 17.7 Å². The summed E-state index contributed by atoms with van der Waals surface area (Å²) in [5.74, 6) is -1.03. The van der Waals surface area contributed by atoms with E-state index >= 15 is 0 Å². The van der Waals surface area contributed by atoms with E-state index in [4.69, 9.17) is 9.47 Å². The average molecular weight is 610 g/mol. The SMILES string of the molecule is C=CC(=CCC)C(NC(=O)OC(C)(C)C)C(=O)N1CCOCC1C(=O)Nc1nc(-c2ccc(C(=O)NC3CC3)cc2)cs1. The zero-order valence-electron chi connectivity index (χ0n) is 25.0. The summed E-state index contributed by atoms with van der Waals surface area (Å²) < 4.78 is 11.0. The number of hydrogen-bond donors (Lipinski definition) is 3. The average Bonchev–Trinajstić information content (AvgIpc) is 3.67. The Bertz CT molecular complexity index is 1380. The van der Waals surface area contributed by atoms with Crippen molar-refractivity contribution in [3.8, 4) is 11.3 Å². The first-order valence-electron chi connectivity index (χ1n) is 14.4. The minimum absolute atomic E-state index is 0.0136. The Kier molecular flexibility index (Phi) is 10.4. The van der Waals surface area contributed by atoms with Crippen LogP contribution in [0.1, 0.15) is 57.3 Å². The number of amides is 4. The molecule has 43 heavy (non-hydrogen) atoms. The topological polar surface area (TPSA) is 139 Å². The van der Waals surface area contributed by atoms with E-state index in [2.05, 4.69) is 27.5 Å². The van der Waals surface area contributed by atoms with E-state index in [0.29, 0.717) is 28.4 Å². The molecule has 2 aromatic rings. The van der Waals surface area contributed by atoms with Gasteiger partial charge in [0.05, 0.1) is 18.9 Å². The van der Waals surface area contributed by atoms with Crippen LogP contribution in [-0.2, 0) is 19.1 Å². The first kappa shape index (κ1) is 31.9. The molecule has 1 saturated heterocycles. The minimum atomic E-state index is -1.10. The van der Waals surface area contributed by atoms with E-state index in [0.717, 1.165) is 18.4 Å². The number of hydrogen-bond acceptors (Lipinski definition) is 8. The molecule has 230 valence electrons. The second kappa shape index (κ2) is 14.0. The van der Waals surface area contributed by atoms with Crippen molar-refractivity contribution in [3.05, 3.63) is 59.5 Å². The molecule has 12 heteroatoms. The standard InChI is InChI=1S/C31H39N5O6S/c1-6-8-19(7-2)25(34-30(40)42-31(3,4)5)28(39)36-15-16-41-17-24(36)27(38)35-29-33-23(18-43-29)20-9-11-21(12-10-20)26(37)32-22-13-14-22/h7-12,18,22,24-25H,2,6,13-17H2,1,3-5H3,(H,32,37)(H,34,40)(H,33,35,38). The van der Waals surface area contributed by atoms with Crippen molar-refractivity contribution in [2.75, 3.05) is 25.1 Å². The number of alkyl carbamates (subject to hydrolysis) is 1. The van der Waals surface area contributed by atoms with Gasteiger partial charge in [0.1, 0.15) is 17.7 Å². The van der Waals surface area contributed by atoms with Crippen molar-refractivity contribution < 1.29 is 28.7 Å². The van der Waals surface area contributed by atoms with Gasteiger partial charge in [0.2, 0.25) is 0 Å². The Morgan fingerprint density at radius 1 is 1.21 bits per heavy atom. The van der Waals surface area contributed by atoms with Gasteiger partial charge in [-0.25, -0.2) is 9.78 Å². The number of allylic oxidation sites excluding steroid dienone is 1. The Morgan fingerprint density at radius 2 is 1.93 bits per heavy atom. The lowest BCUT2D eigenvalue weighted by molar-refractivity contribution is -0.147. The van der Waals surface area contributed by atoms with Gasteiger partial charge in [-0.2, -0.15) is 0 Å². The van der Waals surface area contributed by atoms with Gasteiger partial charge in [-0.15, -0.1) is 11.3 Å². The highest BCUT2D eigenvalue weighted by Crippen LogP contribution is 2.26. The number of nitrogens with one attached hydrogen (secondary N) is 3. The first-order chi connectivity index (χ1) is 20.5. The molecule has 11 nitrogen and oxygen atoms in total. The molecule has 4 amide bonds. The lowest BCUT2D eigenvalue weighted by Gasteiger charge is -2.37. The van der Waals surface area contributed by atoms with Crippen LogP contribution in [0, 0.1) is 0 Å². The fraction of sp³-hybridized carbons (Fsp3) is 0.452. The third kappa shape index (κ3) is 8.74. The second-order valence-corrected chi connectivity index (χ2v) is 12.2. The highest BCUT2D eigenvalue weighted by molar-refractivity contribution is 7.14. The van der Waals surface area contributed by atoms with Crippen molar-refractivity contribution in [3.63, 3.8) is 0 Å². The Morgan fingerprint density at radius 3 is 2.56 bits per heavy atom. The molecule has 0 bridgehead atoms. The highest BCUT2D eigenvalue weighted by Gasteiger charge is 2.38. The maximum Gasteiger partial charge on any atom is 0.408 e. The van der Waals surface area contributed by atoms with Crippen LogP contribution >= 0.6 is 11.3 Å². The zero-order valence-corrected chi connectivity index (χ0v) is 25.8. The monoisotopic (exact) mass is 609 g/mol. The molecule has 2 atom stereocenters. The summed E-state index contributed by atoms with van der Waals surface area (Å²) in [5.41, 5.74) is 1.76. The second-order valence-electron chi connectivity index (χ2n) is 11.4. The van der Waals surface area contributed by atoms with E-state index in [9.17, 15) is 19.2 Å². The van der Waals surface area contributed by atoms with Gasteiger partial charge in [0, 0.05) is 29.1 Å². The summed E-state index contributed by atoms with van der Waals surface area (Å²) in [4.78, 5) is 58.2. The van der Waals surface area contributed by atoms with E-state index in [1.54, 1.807) is 39.0 Å². The van der Waals surface area contributed by atoms with Crippen LogP contribution in [0.4, 0.5) is 9.93 Å². The van der Waals surface area contributed by atoms with Gasteiger partial charge in [-0.1, -0.05) is 37.8 Å². The largest absolute Gasteiger partial charge is 0.444 e. The van der Waals surface area contributed by atoms with E-state index in [1.807, 2.05) is 24.4 Å². The van der Waals surface area contributed by atoms with Crippen molar-refractivity contribution in [2.45, 2.75) is 70.7 Å². The normalized spacial score (nSPS) is 17.9. The molecular formula is C31H39N5O6S. The van der Waals surface area contributed by atoms with Crippen LogP contribution < -0.4 is 16.0 Å². The minimum Gasteiger partial charge on any atom is -0.444 e. The van der Waals surface area contributed by atoms with Crippen LogP contribution in [-0.4, -0.2) is 77.2 Å². The van der Waals surface area contributed by atoms with Gasteiger partial charge in [-0.05, 0) is 57.7 Å². The van der Waals surface area contributed by atoms with Crippen LogP contribution in [0.2, 0.25) is 0 Å². The van der Waals surface area contributed by atoms with Crippen LogP contribution in [0.15, 0.2) is 53.9 Å². The third-order valence-electron chi connectivity index (χ3n) is 6.72. The number of aromatic nitrogens is 1. The van der Waals surface area contributed by atoms with Crippen molar-refractivity contribution >= 4 is 40.3 Å². The van der Waals surface area contributed by atoms with Gasteiger partial charge in [-0.3, -0.25) is 14.4 Å². The molecule has 3 N–H and O–H groups in total. The highest BCUT2D eigenvalue weighted by atomic mass is 32.1. The molecule has 1 aliphatic heterocycles. The summed E-state index contributed by atoms with van der Waals surface area (Å²) in [5, 5.41) is 10.6. The molecule has 1 aromatic heterocycles. The first-order valence-corrected chi connectivity index (χ1v) is 15.2. The number of benzene rings is 1. The summed E-state index contributed by atoms with van der Waals surface area (Å²) in [7, 11) is 0. The quantitative estimate of drug-likeness (QED) is 0.342. The van der Waals surface area contributed by atoms with Crippen molar-refractivity contribution in [1.82, 2.24) is 20.5 Å². The van der Waals surface area contributed by atoms with Crippen LogP contribution in [0.25, 0.3) is 11.3 Å². The molecule has 1 saturated carbocycles. The molecule has 2 fully saturated rings. The number of rotatable bonds is 10. The van der Waals surface area contributed by atoms with E-state index < -0.39 is 35.6 Å². The molecule has 2 aliphatic rings. The predicted molar refractivity (Wildman–Crippen MR) is 165 cm³/mol. The summed E-state index contributed by atoms with van der Waals surface area (Å²) in [6.45, 7) is 11.3. The molecule has 1 aromatic carbocycles. The van der Waals surface area contributed by atoms with Crippen LogP contribution in [0.5, 0.6) is 0 Å². The van der Waals surface area contributed by atoms with E-state index in [-0.39, 0.29) is 31.7 Å². The number of thiazole rings is 1. The Balaban J connectivity index is 1.46. The zero-order chi connectivity index (χ0) is 31.1. The van der Waals surface area contributed by atoms with E-state index in [1.165, 1.54) is 22.3 Å². The molecule has 4 rings (SSSR count). The van der Waals surface area contributed by atoms with Gasteiger partial charge >= 0.3 is 6.09 Å². The lowest BCUT2D eigenvalue weighted by Crippen LogP contribution is -2.59. The maximum absolute atomic E-state index is 13.9. The van der Waals surface area contributed by atoms with Crippen molar-refractivity contribution in [2.24, 2.45) is 0 Å². The molecule has 0 spiro atoms. The molecule has 2 heterocycles.